The van der Waals surface area contributed by atoms with E-state index in [1.165, 1.54) is 35.1 Å². The van der Waals surface area contributed by atoms with Gasteiger partial charge in [-0.2, -0.15) is 0 Å². The summed E-state index contributed by atoms with van der Waals surface area (Å²) in [6.45, 7) is 0.115. The number of carbonyl (C=O) groups excluding carboxylic acids is 2. The van der Waals surface area contributed by atoms with Crippen LogP contribution in [0.4, 0.5) is 17.1 Å². The third-order valence-electron chi connectivity index (χ3n) is 6.32. The highest BCUT2D eigenvalue weighted by Gasteiger charge is 2.41. The van der Waals surface area contributed by atoms with E-state index in [0.717, 1.165) is 0 Å². The summed E-state index contributed by atoms with van der Waals surface area (Å²) in [5.74, 6) is -0.301. The van der Waals surface area contributed by atoms with Gasteiger partial charge in [0, 0.05) is 12.1 Å². The predicted octanol–water partition coefficient (Wildman–Crippen LogP) is 5.93. The third-order valence-corrected chi connectivity index (χ3v) is 6.68. The maximum Gasteiger partial charge on any atom is 0.270 e. The van der Waals surface area contributed by atoms with E-state index in [-0.39, 0.29) is 23.0 Å². The summed E-state index contributed by atoms with van der Waals surface area (Å²) < 4.78 is 11.4. The van der Waals surface area contributed by atoms with Gasteiger partial charge in [-0.1, -0.05) is 42.5 Å². The predicted molar refractivity (Wildman–Crippen MR) is 159 cm³/mol. The number of nitrogens with zero attached hydrogens (tertiary/aromatic N) is 3. The zero-order chi connectivity index (χ0) is 28.9. The van der Waals surface area contributed by atoms with Gasteiger partial charge in [0.15, 0.2) is 16.6 Å². The van der Waals surface area contributed by atoms with Crippen molar-refractivity contribution < 1.29 is 24.0 Å². The molecule has 4 aromatic carbocycles. The minimum absolute atomic E-state index is 0.0182. The molecule has 10 heteroatoms. The monoisotopic (exact) mass is 565 g/mol. The van der Waals surface area contributed by atoms with Crippen LogP contribution in [0.2, 0.25) is 0 Å². The maximum absolute atomic E-state index is 13.7. The van der Waals surface area contributed by atoms with Gasteiger partial charge in [-0.25, -0.2) is 0 Å². The van der Waals surface area contributed by atoms with Crippen molar-refractivity contribution in [3.8, 4) is 11.5 Å². The molecule has 4 aromatic rings. The number of benzene rings is 4. The molecule has 0 aromatic heterocycles. The molecule has 1 aliphatic heterocycles. The lowest BCUT2D eigenvalue weighted by molar-refractivity contribution is -0.384. The highest BCUT2D eigenvalue weighted by molar-refractivity contribution is 7.81. The fourth-order valence-electron chi connectivity index (χ4n) is 4.28. The van der Waals surface area contributed by atoms with Crippen LogP contribution in [0.3, 0.4) is 0 Å². The lowest BCUT2D eigenvalue weighted by atomic mass is 10.0. The van der Waals surface area contributed by atoms with Gasteiger partial charge in [0.1, 0.15) is 12.2 Å². The smallest absolute Gasteiger partial charge is 0.270 e. The number of nitro groups is 1. The Balaban J connectivity index is 1.50. The number of non-ortho nitro benzene ring substituents is 1. The van der Waals surface area contributed by atoms with Crippen LogP contribution in [0.25, 0.3) is 6.08 Å². The molecule has 2 amide bonds. The molecular weight excluding hydrogens is 542 g/mol. The average molecular weight is 566 g/mol. The van der Waals surface area contributed by atoms with E-state index < -0.39 is 16.7 Å². The number of para-hydroxylation sites is 2. The van der Waals surface area contributed by atoms with Crippen molar-refractivity contribution in [1.82, 2.24) is 0 Å². The summed E-state index contributed by atoms with van der Waals surface area (Å²) in [5.41, 5.74) is 2.19. The Bertz CT molecular complexity index is 1590. The van der Waals surface area contributed by atoms with E-state index >= 15 is 0 Å². The van der Waals surface area contributed by atoms with E-state index in [2.05, 4.69) is 0 Å². The topological polar surface area (TPSA) is 102 Å². The molecule has 1 fully saturated rings. The molecule has 0 radical (unpaired) electrons. The standard InChI is InChI=1S/C31H23N3O6S/c1-39-27-17-14-22(19-28(27)40-20-21-12-15-25(16-13-21)34(37)38)18-26-29(35)32(23-8-4-2-5-9-23)31(41)33(30(26)36)24-10-6-3-7-11-24/h2-19H,20H2,1H3. The number of carbonyl (C=O) groups is 2. The molecule has 0 aliphatic carbocycles. The van der Waals surface area contributed by atoms with Crippen molar-refractivity contribution in [3.63, 3.8) is 0 Å². The van der Waals surface area contributed by atoms with Crippen LogP contribution in [-0.2, 0) is 16.2 Å². The molecule has 0 N–H and O–H groups in total. The van der Waals surface area contributed by atoms with E-state index in [9.17, 15) is 19.7 Å². The Labute approximate surface area is 241 Å². The van der Waals surface area contributed by atoms with E-state index in [4.69, 9.17) is 21.7 Å². The fraction of sp³-hybridized carbons (Fsp3) is 0.0645. The number of rotatable bonds is 8. The van der Waals surface area contributed by atoms with Crippen molar-refractivity contribution in [2.45, 2.75) is 6.61 Å². The molecule has 41 heavy (non-hydrogen) atoms. The van der Waals surface area contributed by atoms with E-state index in [1.54, 1.807) is 78.9 Å². The molecule has 1 aliphatic rings. The van der Waals surface area contributed by atoms with Crippen LogP contribution in [0.1, 0.15) is 11.1 Å². The molecular formula is C31H23N3O6S. The summed E-state index contributed by atoms with van der Waals surface area (Å²) in [4.78, 5) is 40.6. The van der Waals surface area contributed by atoms with Crippen molar-refractivity contribution in [1.29, 1.82) is 0 Å². The lowest BCUT2D eigenvalue weighted by Crippen LogP contribution is -2.56. The number of thiocarbonyl (C=S) groups is 1. The Hall–Kier alpha value is -5.35. The number of ether oxygens (including phenoxy) is 2. The highest BCUT2D eigenvalue weighted by atomic mass is 32.1. The molecule has 0 atom stereocenters. The molecule has 1 saturated heterocycles. The minimum atomic E-state index is -0.553. The van der Waals surface area contributed by atoms with Crippen LogP contribution in [0.15, 0.2) is 109 Å². The van der Waals surface area contributed by atoms with Crippen molar-refractivity contribution in [3.05, 3.63) is 130 Å². The van der Waals surface area contributed by atoms with Crippen LogP contribution in [0.5, 0.6) is 11.5 Å². The first-order valence-electron chi connectivity index (χ1n) is 12.5. The quantitative estimate of drug-likeness (QED) is 0.0858. The van der Waals surface area contributed by atoms with Gasteiger partial charge in [-0.05, 0) is 78.0 Å². The highest BCUT2D eigenvalue weighted by Crippen LogP contribution is 2.33. The summed E-state index contributed by atoms with van der Waals surface area (Å²) >= 11 is 5.65. The number of anilines is 2. The largest absolute Gasteiger partial charge is 0.493 e. The first-order valence-corrected chi connectivity index (χ1v) is 12.9. The van der Waals surface area contributed by atoms with Gasteiger partial charge in [0.05, 0.1) is 23.4 Å². The fourth-order valence-corrected chi connectivity index (χ4v) is 4.65. The molecule has 5 rings (SSSR count). The molecule has 204 valence electrons. The summed E-state index contributed by atoms with van der Waals surface area (Å²) in [6.07, 6.45) is 1.50. The Kier molecular flexibility index (Phi) is 7.84. The second kappa shape index (κ2) is 11.8. The molecule has 1 heterocycles. The van der Waals surface area contributed by atoms with Crippen LogP contribution in [-0.4, -0.2) is 29.0 Å². The Morgan fingerprint density at radius 1 is 0.805 bits per heavy atom. The summed E-state index contributed by atoms with van der Waals surface area (Å²) in [7, 11) is 1.50. The summed E-state index contributed by atoms with van der Waals surface area (Å²) in [5, 5.41) is 11.0. The third kappa shape index (κ3) is 5.68. The Morgan fingerprint density at radius 3 is 1.88 bits per heavy atom. The minimum Gasteiger partial charge on any atom is -0.493 e. The number of amides is 2. The lowest BCUT2D eigenvalue weighted by Gasteiger charge is -2.36. The van der Waals surface area contributed by atoms with Gasteiger partial charge in [0.25, 0.3) is 17.5 Å². The average Bonchev–Trinajstić information content (AvgIpc) is 2.99. The second-order valence-corrected chi connectivity index (χ2v) is 9.28. The molecule has 0 unspecified atom stereocenters. The van der Waals surface area contributed by atoms with Crippen molar-refractivity contribution in [2.24, 2.45) is 0 Å². The van der Waals surface area contributed by atoms with Crippen LogP contribution >= 0.6 is 12.2 Å². The van der Waals surface area contributed by atoms with Crippen LogP contribution in [0, 0.1) is 10.1 Å². The zero-order valence-electron chi connectivity index (χ0n) is 21.8. The number of hydrogen-bond acceptors (Lipinski definition) is 7. The number of hydrogen-bond donors (Lipinski definition) is 0. The zero-order valence-corrected chi connectivity index (χ0v) is 22.6. The van der Waals surface area contributed by atoms with Crippen molar-refractivity contribution >= 4 is 52.3 Å². The van der Waals surface area contributed by atoms with Crippen molar-refractivity contribution in [2.75, 3.05) is 16.9 Å². The number of methoxy groups -OCH3 is 1. The van der Waals surface area contributed by atoms with Gasteiger partial charge in [-0.3, -0.25) is 29.5 Å². The van der Waals surface area contributed by atoms with Gasteiger partial charge in [-0.15, -0.1) is 0 Å². The van der Waals surface area contributed by atoms with Gasteiger partial charge < -0.3 is 9.47 Å². The van der Waals surface area contributed by atoms with Crippen LogP contribution < -0.4 is 19.3 Å². The Morgan fingerprint density at radius 2 is 1.37 bits per heavy atom. The summed E-state index contributed by atoms with van der Waals surface area (Å²) in [6, 6.07) is 28.8. The maximum atomic E-state index is 13.7. The van der Waals surface area contributed by atoms with E-state index in [1.807, 2.05) is 12.1 Å². The molecule has 9 nitrogen and oxygen atoms in total. The van der Waals surface area contributed by atoms with E-state index in [0.29, 0.717) is 34.0 Å². The first-order chi connectivity index (χ1) is 19.9. The van der Waals surface area contributed by atoms with Gasteiger partial charge >= 0.3 is 0 Å². The molecule has 0 spiro atoms. The molecule has 0 bridgehead atoms. The molecule has 0 saturated carbocycles. The SMILES string of the molecule is COc1ccc(C=C2C(=O)N(c3ccccc3)C(=S)N(c3ccccc3)C2=O)cc1OCc1ccc([N+](=O)[O-])cc1. The number of nitro benzene ring substituents is 1. The second-order valence-electron chi connectivity index (χ2n) is 8.92. The normalized spacial score (nSPS) is 13.3. The van der Waals surface area contributed by atoms with Gasteiger partial charge in [0.2, 0.25) is 0 Å². The first kappa shape index (κ1) is 27.2.